The van der Waals surface area contributed by atoms with Crippen LogP contribution in [-0.4, -0.2) is 46.8 Å². The fourth-order valence-electron chi connectivity index (χ4n) is 3.86. The van der Waals surface area contributed by atoms with Crippen molar-refractivity contribution in [2.24, 2.45) is 5.92 Å². The largest absolute Gasteiger partial charge is 0.375 e. The number of morpholine rings is 1. The van der Waals surface area contributed by atoms with Crippen molar-refractivity contribution >= 4 is 11.3 Å². The van der Waals surface area contributed by atoms with Crippen LogP contribution in [-0.2, 0) is 22.6 Å². The molecule has 2 fully saturated rings. The Hall–Kier alpha value is -1.34. The van der Waals surface area contributed by atoms with Crippen LogP contribution in [0, 0.1) is 5.92 Å². The maximum Gasteiger partial charge on any atom is 0.118 e. The standard InChI is InChI=1S/C18H23N3O2S/c1-2-16-18(15(1)12-22-13-17-20-7-10-24-17)23-9-8-21(16)11-14-3-5-19-6-4-14/h3-7,10,15-16,18H,1-2,8-9,11-13H2/t15-,16+,18-/m1/s1. The van der Waals surface area contributed by atoms with E-state index in [1.807, 2.05) is 24.0 Å². The predicted octanol–water partition coefficient (Wildman–Crippen LogP) is 2.73. The minimum atomic E-state index is 0.303. The van der Waals surface area contributed by atoms with E-state index in [1.54, 1.807) is 11.3 Å². The van der Waals surface area contributed by atoms with Gasteiger partial charge in [0.05, 0.1) is 25.9 Å². The molecule has 3 heterocycles. The molecule has 0 unspecified atom stereocenters. The van der Waals surface area contributed by atoms with Gasteiger partial charge in [-0.1, -0.05) is 0 Å². The summed E-state index contributed by atoms with van der Waals surface area (Å²) in [5.74, 6) is 0.496. The van der Waals surface area contributed by atoms with Crippen molar-refractivity contribution in [2.75, 3.05) is 19.8 Å². The number of pyridine rings is 1. The summed E-state index contributed by atoms with van der Waals surface area (Å²) < 4.78 is 12.0. The highest BCUT2D eigenvalue weighted by Crippen LogP contribution is 2.35. The Kier molecular flexibility index (Phi) is 5.18. The number of hydrogen-bond acceptors (Lipinski definition) is 6. The first-order valence-electron chi connectivity index (χ1n) is 8.61. The van der Waals surface area contributed by atoms with E-state index in [-0.39, 0.29) is 0 Å². The van der Waals surface area contributed by atoms with E-state index in [1.165, 1.54) is 18.4 Å². The summed E-state index contributed by atoms with van der Waals surface area (Å²) in [6.45, 7) is 4.20. The van der Waals surface area contributed by atoms with Crippen molar-refractivity contribution in [3.8, 4) is 0 Å². The second kappa shape index (κ2) is 7.70. The van der Waals surface area contributed by atoms with Crippen LogP contribution < -0.4 is 0 Å². The molecule has 0 radical (unpaired) electrons. The van der Waals surface area contributed by atoms with E-state index in [4.69, 9.17) is 9.47 Å². The van der Waals surface area contributed by atoms with Crippen LogP contribution in [0.4, 0.5) is 0 Å². The van der Waals surface area contributed by atoms with E-state index in [0.717, 1.165) is 31.3 Å². The number of thiazole rings is 1. The Morgan fingerprint density at radius 1 is 1.25 bits per heavy atom. The van der Waals surface area contributed by atoms with E-state index in [9.17, 15) is 0 Å². The highest BCUT2D eigenvalue weighted by molar-refractivity contribution is 7.09. The zero-order valence-corrected chi connectivity index (χ0v) is 14.5. The third-order valence-corrected chi connectivity index (χ3v) is 5.76. The van der Waals surface area contributed by atoms with Crippen LogP contribution in [0.1, 0.15) is 23.4 Å². The van der Waals surface area contributed by atoms with E-state index in [2.05, 4.69) is 27.0 Å². The molecule has 3 atom stereocenters. The summed E-state index contributed by atoms with van der Waals surface area (Å²) in [7, 11) is 0. The lowest BCUT2D eigenvalue weighted by Gasteiger charge is -2.39. The molecule has 1 saturated carbocycles. The average Bonchev–Trinajstić information content (AvgIpc) is 3.27. The van der Waals surface area contributed by atoms with Gasteiger partial charge in [-0.3, -0.25) is 9.88 Å². The predicted molar refractivity (Wildman–Crippen MR) is 92.7 cm³/mol. The lowest BCUT2D eigenvalue weighted by atomic mass is 10.0. The average molecular weight is 345 g/mol. The van der Waals surface area contributed by atoms with Crippen LogP contribution in [0.3, 0.4) is 0 Å². The number of nitrogens with zero attached hydrogens (tertiary/aromatic N) is 3. The molecule has 4 rings (SSSR count). The molecule has 24 heavy (non-hydrogen) atoms. The topological polar surface area (TPSA) is 47.5 Å². The first-order chi connectivity index (χ1) is 11.9. The smallest absolute Gasteiger partial charge is 0.118 e. The molecule has 1 saturated heterocycles. The maximum atomic E-state index is 6.12. The highest BCUT2D eigenvalue weighted by atomic mass is 32.1. The second-order valence-corrected chi connectivity index (χ2v) is 7.49. The molecule has 0 amide bonds. The van der Waals surface area contributed by atoms with Gasteiger partial charge in [0.2, 0.25) is 0 Å². The Labute approximate surface area is 146 Å². The van der Waals surface area contributed by atoms with Gasteiger partial charge in [-0.05, 0) is 30.5 Å². The van der Waals surface area contributed by atoms with Gasteiger partial charge in [-0.25, -0.2) is 4.98 Å². The van der Waals surface area contributed by atoms with Gasteiger partial charge < -0.3 is 9.47 Å². The van der Waals surface area contributed by atoms with Crippen molar-refractivity contribution in [3.63, 3.8) is 0 Å². The quantitative estimate of drug-likeness (QED) is 0.806. The molecule has 5 nitrogen and oxygen atoms in total. The molecular weight excluding hydrogens is 322 g/mol. The van der Waals surface area contributed by atoms with E-state index < -0.39 is 0 Å². The Morgan fingerprint density at radius 3 is 3.00 bits per heavy atom. The van der Waals surface area contributed by atoms with Crippen LogP contribution >= 0.6 is 11.3 Å². The summed E-state index contributed by atoms with van der Waals surface area (Å²) in [6, 6.07) is 4.72. The molecule has 2 aliphatic rings. The second-order valence-electron chi connectivity index (χ2n) is 6.51. The lowest BCUT2D eigenvalue weighted by molar-refractivity contribution is -0.0891. The van der Waals surface area contributed by atoms with Gasteiger partial charge >= 0.3 is 0 Å². The first-order valence-corrected chi connectivity index (χ1v) is 9.49. The van der Waals surface area contributed by atoms with Crippen molar-refractivity contribution in [1.29, 1.82) is 0 Å². The molecular formula is C18H23N3O2S. The molecule has 0 N–H and O–H groups in total. The van der Waals surface area contributed by atoms with Crippen LogP contribution in [0.15, 0.2) is 36.1 Å². The lowest BCUT2D eigenvalue weighted by Crippen LogP contribution is -2.50. The third kappa shape index (κ3) is 3.67. The Morgan fingerprint density at radius 2 is 2.17 bits per heavy atom. The maximum absolute atomic E-state index is 6.12. The van der Waals surface area contributed by atoms with Gasteiger partial charge in [0.25, 0.3) is 0 Å². The molecule has 2 aromatic heterocycles. The Bertz CT molecular complexity index is 622. The fourth-order valence-corrected chi connectivity index (χ4v) is 4.41. The summed E-state index contributed by atoms with van der Waals surface area (Å²) >= 11 is 1.65. The van der Waals surface area contributed by atoms with E-state index >= 15 is 0 Å². The third-order valence-electron chi connectivity index (χ3n) is 5.01. The van der Waals surface area contributed by atoms with Gasteiger partial charge in [-0.2, -0.15) is 0 Å². The Balaban J connectivity index is 1.32. The highest BCUT2D eigenvalue weighted by Gasteiger charge is 2.42. The molecule has 6 heteroatoms. The number of fused-ring (bicyclic) bond motifs is 1. The number of hydrogen-bond donors (Lipinski definition) is 0. The summed E-state index contributed by atoms with van der Waals surface area (Å²) in [4.78, 5) is 11.0. The van der Waals surface area contributed by atoms with Gasteiger partial charge in [-0.15, -0.1) is 11.3 Å². The molecule has 1 aliphatic heterocycles. The summed E-state index contributed by atoms with van der Waals surface area (Å²) in [5, 5.41) is 3.04. The fraction of sp³-hybridized carbons (Fsp3) is 0.556. The molecule has 2 aromatic rings. The van der Waals surface area contributed by atoms with Crippen molar-refractivity contribution < 1.29 is 9.47 Å². The van der Waals surface area contributed by atoms with Gasteiger partial charge in [0.15, 0.2) is 0 Å². The molecule has 128 valence electrons. The number of rotatable bonds is 6. The number of ether oxygens (including phenoxy) is 2. The SMILES string of the molecule is c1cc(CN2CCO[C@@H]3[C@@H](COCc4nccs4)CC[C@@H]32)ccn1. The van der Waals surface area contributed by atoms with Crippen molar-refractivity contribution in [3.05, 3.63) is 46.7 Å². The molecule has 0 bridgehead atoms. The monoisotopic (exact) mass is 345 g/mol. The van der Waals surface area contributed by atoms with Crippen LogP contribution in [0.5, 0.6) is 0 Å². The molecule has 1 aliphatic carbocycles. The van der Waals surface area contributed by atoms with Gasteiger partial charge in [0, 0.05) is 49.0 Å². The molecule has 0 spiro atoms. The van der Waals surface area contributed by atoms with Crippen LogP contribution in [0.25, 0.3) is 0 Å². The van der Waals surface area contributed by atoms with E-state index in [0.29, 0.717) is 24.7 Å². The summed E-state index contributed by atoms with van der Waals surface area (Å²) in [5.41, 5.74) is 1.33. The van der Waals surface area contributed by atoms with Crippen molar-refractivity contribution in [2.45, 2.75) is 38.1 Å². The molecule has 0 aromatic carbocycles. The minimum absolute atomic E-state index is 0.303. The zero-order valence-electron chi connectivity index (χ0n) is 13.7. The van der Waals surface area contributed by atoms with Gasteiger partial charge in [0.1, 0.15) is 5.01 Å². The normalized spacial score (nSPS) is 27.2. The first kappa shape index (κ1) is 16.1. The van der Waals surface area contributed by atoms with Crippen molar-refractivity contribution in [1.82, 2.24) is 14.9 Å². The number of aromatic nitrogens is 2. The van der Waals surface area contributed by atoms with Crippen LogP contribution in [0.2, 0.25) is 0 Å². The minimum Gasteiger partial charge on any atom is -0.375 e. The zero-order chi connectivity index (χ0) is 16.2. The summed E-state index contributed by atoms with van der Waals surface area (Å²) in [6.07, 6.45) is 8.25.